The van der Waals surface area contributed by atoms with Gasteiger partial charge in [0, 0.05) is 31.6 Å². The molecule has 0 radical (unpaired) electrons. The number of thiazole rings is 1. The van der Waals surface area contributed by atoms with E-state index in [1.54, 1.807) is 11.0 Å². The molecule has 3 rings (SSSR count). The fourth-order valence-corrected chi connectivity index (χ4v) is 5.40. The molecule has 1 aromatic heterocycles. The minimum Gasteiger partial charge on any atom is -0.340 e. The van der Waals surface area contributed by atoms with Gasteiger partial charge in [0.05, 0.1) is 22.0 Å². The zero-order valence-electron chi connectivity index (χ0n) is 15.2. The molecule has 1 amide bonds. The smallest absolute Gasteiger partial charge is 0.243 e. The molecule has 1 aliphatic rings. The van der Waals surface area contributed by atoms with Crippen LogP contribution in [0.5, 0.6) is 0 Å². The van der Waals surface area contributed by atoms with Crippen LogP contribution in [0.1, 0.15) is 21.8 Å². The van der Waals surface area contributed by atoms with Crippen molar-refractivity contribution in [2.75, 3.05) is 26.2 Å². The Bertz CT molecular complexity index is 914. The molecule has 1 aromatic carbocycles. The van der Waals surface area contributed by atoms with Crippen molar-refractivity contribution >= 4 is 27.3 Å². The van der Waals surface area contributed by atoms with Crippen molar-refractivity contribution in [3.8, 4) is 0 Å². The van der Waals surface area contributed by atoms with E-state index >= 15 is 0 Å². The molecule has 140 valence electrons. The fraction of sp³-hybridized carbons (Fsp3) is 0.444. The summed E-state index contributed by atoms with van der Waals surface area (Å²) in [4.78, 5) is 18.8. The van der Waals surface area contributed by atoms with E-state index in [4.69, 9.17) is 0 Å². The van der Waals surface area contributed by atoms with E-state index in [9.17, 15) is 13.2 Å². The van der Waals surface area contributed by atoms with Crippen LogP contribution >= 0.6 is 11.3 Å². The summed E-state index contributed by atoms with van der Waals surface area (Å²) in [7, 11) is -3.53. The summed E-state index contributed by atoms with van der Waals surface area (Å²) in [5.41, 5.74) is 2.57. The predicted octanol–water partition coefficient (Wildman–Crippen LogP) is 2.14. The summed E-state index contributed by atoms with van der Waals surface area (Å²) in [5, 5.41) is 2.84. The molecule has 0 N–H and O–H groups in total. The summed E-state index contributed by atoms with van der Waals surface area (Å²) < 4.78 is 27.3. The zero-order valence-corrected chi connectivity index (χ0v) is 16.9. The number of piperazine rings is 1. The maximum atomic E-state index is 12.9. The van der Waals surface area contributed by atoms with Crippen LogP contribution in [0.25, 0.3) is 0 Å². The first-order valence-electron chi connectivity index (χ1n) is 8.53. The van der Waals surface area contributed by atoms with Crippen LogP contribution in [0.15, 0.2) is 28.5 Å². The zero-order chi connectivity index (χ0) is 18.9. The highest BCUT2D eigenvalue weighted by Crippen LogP contribution is 2.22. The molecule has 1 aliphatic heterocycles. The number of aryl methyl sites for hydroxylation is 3. The minimum absolute atomic E-state index is 0.00105. The van der Waals surface area contributed by atoms with E-state index < -0.39 is 10.0 Å². The molecule has 26 heavy (non-hydrogen) atoms. The van der Waals surface area contributed by atoms with Crippen molar-refractivity contribution in [1.29, 1.82) is 0 Å². The summed E-state index contributed by atoms with van der Waals surface area (Å²) >= 11 is 1.53. The number of hydrogen-bond donors (Lipinski definition) is 0. The molecule has 0 atom stereocenters. The number of carbonyl (C=O) groups excluding carboxylic acids is 1. The van der Waals surface area contributed by atoms with Crippen molar-refractivity contribution in [2.24, 2.45) is 0 Å². The van der Waals surface area contributed by atoms with Crippen molar-refractivity contribution < 1.29 is 13.2 Å². The van der Waals surface area contributed by atoms with Crippen LogP contribution in [-0.4, -0.2) is 54.7 Å². The first-order valence-corrected chi connectivity index (χ1v) is 10.9. The minimum atomic E-state index is -3.53. The molecule has 0 bridgehead atoms. The van der Waals surface area contributed by atoms with Gasteiger partial charge in [-0.05, 0) is 32.4 Å². The van der Waals surface area contributed by atoms with E-state index in [1.807, 2.05) is 38.3 Å². The fourth-order valence-electron chi connectivity index (χ4n) is 3.16. The summed E-state index contributed by atoms with van der Waals surface area (Å²) in [5.74, 6) is -0.00105. The molecule has 8 heteroatoms. The second kappa shape index (κ2) is 7.46. The Hall–Kier alpha value is -1.77. The quantitative estimate of drug-likeness (QED) is 0.798. The van der Waals surface area contributed by atoms with Crippen LogP contribution in [0, 0.1) is 20.8 Å². The average Bonchev–Trinajstić information content (AvgIpc) is 2.99. The van der Waals surface area contributed by atoms with Gasteiger partial charge >= 0.3 is 0 Å². The summed E-state index contributed by atoms with van der Waals surface area (Å²) in [6.07, 6.45) is 0.272. The number of rotatable bonds is 4. The van der Waals surface area contributed by atoms with Gasteiger partial charge in [0.1, 0.15) is 0 Å². The molecule has 1 fully saturated rings. The molecular formula is C18H23N3O3S2. The van der Waals surface area contributed by atoms with Crippen molar-refractivity contribution in [3.63, 3.8) is 0 Å². The molecule has 2 aromatic rings. The van der Waals surface area contributed by atoms with Crippen LogP contribution in [0.3, 0.4) is 0 Å². The van der Waals surface area contributed by atoms with Gasteiger partial charge in [0.15, 0.2) is 0 Å². The van der Waals surface area contributed by atoms with Gasteiger partial charge in [-0.25, -0.2) is 13.4 Å². The van der Waals surface area contributed by atoms with Crippen LogP contribution in [0.2, 0.25) is 0 Å². The van der Waals surface area contributed by atoms with E-state index in [1.165, 1.54) is 15.6 Å². The molecule has 2 heterocycles. The maximum Gasteiger partial charge on any atom is 0.243 e. The Balaban J connectivity index is 1.65. The van der Waals surface area contributed by atoms with Crippen molar-refractivity contribution in [3.05, 3.63) is 45.4 Å². The van der Waals surface area contributed by atoms with Gasteiger partial charge in [0.25, 0.3) is 0 Å². The molecule has 1 saturated heterocycles. The van der Waals surface area contributed by atoms with Gasteiger partial charge in [-0.2, -0.15) is 4.31 Å². The third-order valence-corrected chi connectivity index (χ3v) is 7.42. The highest BCUT2D eigenvalue weighted by molar-refractivity contribution is 7.89. The summed E-state index contributed by atoms with van der Waals surface area (Å²) in [6, 6.07) is 5.36. The molecule has 0 aliphatic carbocycles. The number of sulfonamides is 1. The lowest BCUT2D eigenvalue weighted by atomic mass is 10.2. The third-order valence-electron chi connectivity index (χ3n) is 4.54. The number of amides is 1. The Morgan fingerprint density at radius 2 is 1.85 bits per heavy atom. The molecule has 0 spiro atoms. The number of benzene rings is 1. The van der Waals surface area contributed by atoms with E-state index in [2.05, 4.69) is 4.98 Å². The molecular weight excluding hydrogens is 370 g/mol. The van der Waals surface area contributed by atoms with Gasteiger partial charge in [0.2, 0.25) is 15.9 Å². The average molecular weight is 394 g/mol. The number of nitrogens with zero attached hydrogens (tertiary/aromatic N) is 3. The topological polar surface area (TPSA) is 70.6 Å². The first-order chi connectivity index (χ1) is 12.3. The molecule has 0 unspecified atom stereocenters. The van der Waals surface area contributed by atoms with Crippen LogP contribution < -0.4 is 0 Å². The normalized spacial score (nSPS) is 16.0. The Kier molecular flexibility index (Phi) is 5.45. The Labute approximate surface area is 158 Å². The van der Waals surface area contributed by atoms with E-state index in [-0.39, 0.29) is 12.3 Å². The van der Waals surface area contributed by atoms with Gasteiger partial charge < -0.3 is 4.90 Å². The lowest BCUT2D eigenvalue weighted by molar-refractivity contribution is -0.131. The highest BCUT2D eigenvalue weighted by atomic mass is 32.2. The number of carbonyl (C=O) groups is 1. The second-order valence-electron chi connectivity index (χ2n) is 6.59. The third kappa shape index (κ3) is 3.97. The maximum absolute atomic E-state index is 12.9. The highest BCUT2D eigenvalue weighted by Gasteiger charge is 2.31. The van der Waals surface area contributed by atoms with Crippen LogP contribution in [0.4, 0.5) is 0 Å². The van der Waals surface area contributed by atoms with Gasteiger partial charge in [-0.1, -0.05) is 17.7 Å². The van der Waals surface area contributed by atoms with E-state index in [0.717, 1.165) is 21.8 Å². The predicted molar refractivity (Wildman–Crippen MR) is 102 cm³/mol. The summed E-state index contributed by atoms with van der Waals surface area (Å²) in [6.45, 7) is 7.12. The Morgan fingerprint density at radius 1 is 1.15 bits per heavy atom. The number of hydrogen-bond acceptors (Lipinski definition) is 5. The first kappa shape index (κ1) is 19.0. The monoisotopic (exact) mass is 393 g/mol. The van der Waals surface area contributed by atoms with E-state index in [0.29, 0.717) is 31.1 Å². The second-order valence-corrected chi connectivity index (χ2v) is 9.56. The molecule has 6 nitrogen and oxygen atoms in total. The van der Waals surface area contributed by atoms with Crippen molar-refractivity contribution in [1.82, 2.24) is 14.2 Å². The van der Waals surface area contributed by atoms with Crippen molar-refractivity contribution in [2.45, 2.75) is 32.1 Å². The SMILES string of the molecule is Cc1ccc(S(=O)(=O)N2CCN(C(=O)Cc3csc(C)n3)CC2)c(C)c1. The lowest BCUT2D eigenvalue weighted by Crippen LogP contribution is -2.51. The van der Waals surface area contributed by atoms with Crippen LogP contribution in [-0.2, 0) is 21.2 Å². The van der Waals surface area contributed by atoms with Gasteiger partial charge in [-0.3, -0.25) is 4.79 Å². The standard InChI is InChI=1S/C18H23N3O3S2/c1-13-4-5-17(14(2)10-13)26(23,24)21-8-6-20(7-9-21)18(22)11-16-12-25-15(3)19-16/h4-5,10,12H,6-9,11H2,1-3H3. The van der Waals surface area contributed by atoms with Gasteiger partial charge in [-0.15, -0.1) is 11.3 Å². The Morgan fingerprint density at radius 3 is 2.42 bits per heavy atom. The number of aromatic nitrogens is 1. The molecule has 0 saturated carbocycles. The largest absolute Gasteiger partial charge is 0.340 e. The lowest BCUT2D eigenvalue weighted by Gasteiger charge is -2.34.